The Labute approximate surface area is 217 Å². The molecule has 0 amide bonds. The Kier molecular flexibility index (Phi) is 6.31. The van der Waals surface area contributed by atoms with Gasteiger partial charge in [0.25, 0.3) is 0 Å². The third-order valence-corrected chi connectivity index (χ3v) is 9.79. The predicted octanol–water partition coefficient (Wildman–Crippen LogP) is 10.0. The Morgan fingerprint density at radius 1 is 0.686 bits per heavy atom. The molecule has 0 spiro atoms. The SMILES string of the molecule is CCCC(C)(C)c1cccc(-c2nc3ccc(-c4ccc5nc(C(C)(C)CC)sc5c4)cc3s2)c1. The van der Waals surface area contributed by atoms with Crippen LogP contribution in [0.1, 0.15) is 71.4 Å². The Balaban J connectivity index is 1.49. The van der Waals surface area contributed by atoms with Crippen LogP contribution in [0.5, 0.6) is 0 Å². The summed E-state index contributed by atoms with van der Waals surface area (Å²) in [5.41, 5.74) is 7.53. The molecule has 0 fully saturated rings. The van der Waals surface area contributed by atoms with Gasteiger partial charge in [0, 0.05) is 11.0 Å². The van der Waals surface area contributed by atoms with Gasteiger partial charge in [0.05, 0.1) is 25.4 Å². The van der Waals surface area contributed by atoms with Crippen molar-refractivity contribution in [3.05, 3.63) is 71.2 Å². The van der Waals surface area contributed by atoms with Gasteiger partial charge in [0.1, 0.15) is 5.01 Å². The average Bonchev–Trinajstić information content (AvgIpc) is 3.48. The van der Waals surface area contributed by atoms with Crippen molar-refractivity contribution in [3.8, 4) is 21.7 Å². The number of nitrogens with zero attached hydrogens (tertiary/aromatic N) is 2. The first-order valence-corrected chi connectivity index (χ1v) is 14.3. The molecule has 0 saturated carbocycles. The molecule has 0 N–H and O–H groups in total. The van der Waals surface area contributed by atoms with E-state index in [1.54, 1.807) is 11.3 Å². The lowest BCUT2D eigenvalue weighted by molar-refractivity contribution is 0.473. The van der Waals surface area contributed by atoms with Gasteiger partial charge in [0.2, 0.25) is 0 Å². The molecule has 0 bridgehead atoms. The first-order valence-electron chi connectivity index (χ1n) is 12.6. The highest BCUT2D eigenvalue weighted by Gasteiger charge is 2.23. The van der Waals surface area contributed by atoms with E-state index in [0.29, 0.717) is 0 Å². The van der Waals surface area contributed by atoms with Gasteiger partial charge in [-0.05, 0) is 65.3 Å². The molecule has 2 aromatic heterocycles. The quantitative estimate of drug-likeness (QED) is 0.223. The van der Waals surface area contributed by atoms with E-state index in [9.17, 15) is 0 Å². The number of rotatable bonds is 7. The van der Waals surface area contributed by atoms with Crippen LogP contribution in [0, 0.1) is 0 Å². The van der Waals surface area contributed by atoms with Crippen LogP contribution in [0.15, 0.2) is 60.7 Å². The maximum absolute atomic E-state index is 4.99. The highest BCUT2D eigenvalue weighted by Crippen LogP contribution is 2.38. The largest absolute Gasteiger partial charge is 0.241 e. The zero-order valence-corrected chi connectivity index (χ0v) is 23.2. The molecule has 0 aliphatic carbocycles. The third-order valence-electron chi connectivity index (χ3n) is 7.34. The van der Waals surface area contributed by atoms with E-state index in [4.69, 9.17) is 9.97 Å². The van der Waals surface area contributed by atoms with Crippen molar-refractivity contribution < 1.29 is 0 Å². The number of thiazole rings is 2. The van der Waals surface area contributed by atoms with Gasteiger partial charge < -0.3 is 0 Å². The second kappa shape index (κ2) is 9.15. The lowest BCUT2D eigenvalue weighted by Gasteiger charge is -2.25. The van der Waals surface area contributed by atoms with E-state index in [1.165, 1.54) is 49.5 Å². The van der Waals surface area contributed by atoms with Crippen LogP contribution >= 0.6 is 22.7 Å². The number of hydrogen-bond donors (Lipinski definition) is 0. The van der Waals surface area contributed by atoms with Gasteiger partial charge in [-0.15, -0.1) is 22.7 Å². The summed E-state index contributed by atoms with van der Waals surface area (Å²) in [5, 5.41) is 2.31. The van der Waals surface area contributed by atoms with Crippen molar-refractivity contribution in [2.75, 3.05) is 0 Å². The molecule has 5 aromatic rings. The summed E-state index contributed by atoms with van der Waals surface area (Å²) in [7, 11) is 0. The summed E-state index contributed by atoms with van der Waals surface area (Å²) in [6.07, 6.45) is 3.45. The van der Waals surface area contributed by atoms with E-state index in [1.807, 2.05) is 11.3 Å². The fourth-order valence-electron chi connectivity index (χ4n) is 4.62. The first kappa shape index (κ1) is 24.1. The lowest BCUT2D eigenvalue weighted by Crippen LogP contribution is -2.16. The Hall–Kier alpha value is -2.56. The first-order chi connectivity index (χ1) is 16.7. The van der Waals surface area contributed by atoms with E-state index < -0.39 is 0 Å². The summed E-state index contributed by atoms with van der Waals surface area (Å²) in [6.45, 7) is 13.7. The van der Waals surface area contributed by atoms with Crippen molar-refractivity contribution >= 4 is 43.1 Å². The third kappa shape index (κ3) is 4.66. The zero-order valence-electron chi connectivity index (χ0n) is 21.6. The van der Waals surface area contributed by atoms with Gasteiger partial charge >= 0.3 is 0 Å². The Morgan fingerprint density at radius 2 is 1.34 bits per heavy atom. The molecule has 0 unspecified atom stereocenters. The molecule has 0 radical (unpaired) electrons. The van der Waals surface area contributed by atoms with Crippen LogP contribution in [0.3, 0.4) is 0 Å². The lowest BCUT2D eigenvalue weighted by atomic mass is 9.80. The minimum atomic E-state index is 0.116. The highest BCUT2D eigenvalue weighted by atomic mass is 32.1. The second-order valence-corrected chi connectivity index (χ2v) is 12.9. The van der Waals surface area contributed by atoms with Gasteiger partial charge in [-0.1, -0.05) is 78.3 Å². The van der Waals surface area contributed by atoms with Gasteiger partial charge in [0.15, 0.2) is 0 Å². The summed E-state index contributed by atoms with van der Waals surface area (Å²) in [6, 6.07) is 22.3. The molecule has 0 saturated heterocycles. The minimum Gasteiger partial charge on any atom is -0.241 e. The molecule has 0 aliphatic rings. The van der Waals surface area contributed by atoms with Crippen LogP contribution in [0.4, 0.5) is 0 Å². The molecule has 35 heavy (non-hydrogen) atoms. The maximum Gasteiger partial charge on any atom is 0.124 e. The van der Waals surface area contributed by atoms with Crippen molar-refractivity contribution in [2.24, 2.45) is 0 Å². The van der Waals surface area contributed by atoms with Gasteiger partial charge in [-0.2, -0.15) is 0 Å². The van der Waals surface area contributed by atoms with Crippen LogP contribution in [-0.2, 0) is 10.8 Å². The van der Waals surface area contributed by atoms with E-state index in [2.05, 4.69) is 102 Å². The summed E-state index contributed by atoms with van der Waals surface area (Å²) >= 11 is 3.61. The van der Waals surface area contributed by atoms with Crippen molar-refractivity contribution in [2.45, 2.75) is 71.6 Å². The van der Waals surface area contributed by atoms with Gasteiger partial charge in [-0.3, -0.25) is 0 Å². The zero-order chi connectivity index (χ0) is 24.8. The molecule has 180 valence electrons. The predicted molar refractivity (Wildman–Crippen MR) is 155 cm³/mol. The Morgan fingerprint density at radius 3 is 2.00 bits per heavy atom. The summed E-state index contributed by atoms with van der Waals surface area (Å²) in [4.78, 5) is 9.91. The topological polar surface area (TPSA) is 25.8 Å². The number of aromatic nitrogens is 2. The molecule has 4 heteroatoms. The highest BCUT2D eigenvalue weighted by molar-refractivity contribution is 7.21. The van der Waals surface area contributed by atoms with E-state index >= 15 is 0 Å². The fraction of sp³-hybridized carbons (Fsp3) is 0.355. The molecular formula is C31H34N2S2. The smallest absolute Gasteiger partial charge is 0.124 e. The van der Waals surface area contributed by atoms with Crippen LogP contribution < -0.4 is 0 Å². The van der Waals surface area contributed by atoms with Crippen LogP contribution in [-0.4, -0.2) is 9.97 Å². The number of hydrogen-bond acceptors (Lipinski definition) is 4. The van der Waals surface area contributed by atoms with Gasteiger partial charge in [-0.25, -0.2) is 9.97 Å². The molecule has 5 rings (SSSR count). The molecule has 2 nitrogen and oxygen atoms in total. The normalized spacial score (nSPS) is 12.6. The molecule has 2 heterocycles. The second-order valence-electron chi connectivity index (χ2n) is 10.9. The monoisotopic (exact) mass is 498 g/mol. The van der Waals surface area contributed by atoms with Crippen LogP contribution in [0.2, 0.25) is 0 Å². The van der Waals surface area contributed by atoms with Crippen molar-refractivity contribution in [1.82, 2.24) is 9.97 Å². The van der Waals surface area contributed by atoms with E-state index in [0.717, 1.165) is 22.5 Å². The van der Waals surface area contributed by atoms with E-state index in [-0.39, 0.29) is 10.8 Å². The van der Waals surface area contributed by atoms with Crippen molar-refractivity contribution in [3.63, 3.8) is 0 Å². The number of fused-ring (bicyclic) bond motifs is 2. The summed E-state index contributed by atoms with van der Waals surface area (Å²) in [5.74, 6) is 0. The molecular weight excluding hydrogens is 464 g/mol. The van der Waals surface area contributed by atoms with Crippen LogP contribution in [0.25, 0.3) is 42.1 Å². The average molecular weight is 499 g/mol. The fourth-order valence-corrected chi connectivity index (χ4v) is 6.79. The maximum atomic E-state index is 4.99. The molecule has 3 aromatic carbocycles. The van der Waals surface area contributed by atoms with Crippen molar-refractivity contribution in [1.29, 1.82) is 0 Å². The molecule has 0 aliphatic heterocycles. The summed E-state index contributed by atoms with van der Waals surface area (Å²) < 4.78 is 2.49. The minimum absolute atomic E-state index is 0.116. The molecule has 0 atom stereocenters. The Bertz CT molecular complexity index is 1500. The number of benzene rings is 3. The standard InChI is InChI=1S/C31H34N2S2/c1-7-16-31(5,6)23-11-9-10-22(17-23)28-32-24-14-12-20(18-26(24)34-28)21-13-15-25-27(19-21)35-29(33-25)30(3,4)8-2/h9-15,17-19H,7-8,16H2,1-6H3.